The van der Waals surface area contributed by atoms with E-state index in [-0.39, 0.29) is 0 Å². The van der Waals surface area contributed by atoms with Crippen LogP contribution >= 0.6 is 11.3 Å². The zero-order valence-electron chi connectivity index (χ0n) is 9.21. The number of carbonyl (C=O) groups is 1. The Bertz CT molecular complexity index is 525. The summed E-state index contributed by atoms with van der Waals surface area (Å²) >= 11 is 1.30. The lowest BCUT2D eigenvalue weighted by atomic mass is 9.81. The van der Waals surface area contributed by atoms with Crippen molar-refractivity contribution in [3.63, 3.8) is 0 Å². The molecule has 17 heavy (non-hydrogen) atoms. The van der Waals surface area contributed by atoms with Crippen LogP contribution < -0.4 is 0 Å². The van der Waals surface area contributed by atoms with E-state index in [0.29, 0.717) is 22.4 Å². The second-order valence-corrected chi connectivity index (χ2v) is 4.52. The highest BCUT2D eigenvalue weighted by Crippen LogP contribution is 2.33. The van der Waals surface area contributed by atoms with Gasteiger partial charge in [0, 0.05) is 0 Å². The fourth-order valence-electron chi connectivity index (χ4n) is 1.76. The summed E-state index contributed by atoms with van der Waals surface area (Å²) in [5.74, 6) is 0. The van der Waals surface area contributed by atoms with Crippen LogP contribution in [0.2, 0.25) is 0 Å². The van der Waals surface area contributed by atoms with Crippen LogP contribution in [0.1, 0.15) is 16.1 Å². The number of nitrogens with zero attached hydrogens (tertiary/aromatic N) is 1. The van der Waals surface area contributed by atoms with E-state index in [1.165, 1.54) is 11.3 Å². The summed E-state index contributed by atoms with van der Waals surface area (Å²) in [6, 6.07) is 8.92. The number of rotatable bonds is 4. The zero-order chi connectivity index (χ0) is 12.3. The quantitative estimate of drug-likeness (QED) is 0.611. The Morgan fingerprint density at radius 2 is 2.06 bits per heavy atom. The highest BCUT2D eigenvalue weighted by atomic mass is 32.1. The van der Waals surface area contributed by atoms with Crippen molar-refractivity contribution in [3.05, 3.63) is 52.0 Å². The molecular formula is C13H10NO2S. The molecular weight excluding hydrogens is 234 g/mol. The molecule has 0 spiro atoms. The molecule has 1 aromatic heterocycles. The summed E-state index contributed by atoms with van der Waals surface area (Å²) in [6.07, 6.45) is 2.51. The molecule has 2 aromatic rings. The Labute approximate surface area is 103 Å². The van der Waals surface area contributed by atoms with Gasteiger partial charge in [-0.3, -0.25) is 4.79 Å². The molecule has 0 aliphatic rings. The summed E-state index contributed by atoms with van der Waals surface area (Å²) in [6.45, 7) is 1.78. The molecule has 0 N–H and O–H groups in total. The van der Waals surface area contributed by atoms with Crippen LogP contribution in [-0.2, 0) is 15.0 Å². The van der Waals surface area contributed by atoms with Gasteiger partial charge in [-0.1, -0.05) is 30.3 Å². The molecule has 0 saturated heterocycles. The number of hydrogen-bond acceptors (Lipinski definition) is 4. The van der Waals surface area contributed by atoms with E-state index in [1.54, 1.807) is 36.7 Å². The monoisotopic (exact) mass is 244 g/mol. The van der Waals surface area contributed by atoms with Crippen LogP contribution in [0.3, 0.4) is 0 Å². The van der Waals surface area contributed by atoms with E-state index in [4.69, 9.17) is 0 Å². The molecule has 1 unspecified atom stereocenters. The average Bonchev–Trinajstić information content (AvgIpc) is 2.80. The molecule has 0 bridgehead atoms. The van der Waals surface area contributed by atoms with Crippen LogP contribution in [0.15, 0.2) is 35.8 Å². The third-order valence-corrected chi connectivity index (χ3v) is 3.73. The van der Waals surface area contributed by atoms with Gasteiger partial charge >= 0.3 is 0 Å². The molecule has 1 heterocycles. The average molecular weight is 244 g/mol. The molecule has 0 fully saturated rings. The number of thiazole rings is 1. The standard InChI is InChI=1S/C13H10NO2S/c1-10-12(17-9-14-10)13(7-15,8-16)11-5-3-2-4-6-11/h2-7,9H,1H3. The lowest BCUT2D eigenvalue weighted by Crippen LogP contribution is -2.31. The predicted molar refractivity (Wildman–Crippen MR) is 65.8 cm³/mol. The Morgan fingerprint density at radius 1 is 1.35 bits per heavy atom. The van der Waals surface area contributed by atoms with Crippen molar-refractivity contribution in [3.8, 4) is 0 Å². The van der Waals surface area contributed by atoms with Gasteiger partial charge in [-0.2, -0.15) is 0 Å². The van der Waals surface area contributed by atoms with Gasteiger partial charge in [0.05, 0.1) is 16.1 Å². The minimum Gasteiger partial charge on any atom is -0.301 e. The van der Waals surface area contributed by atoms with Crippen molar-refractivity contribution < 1.29 is 9.59 Å². The first kappa shape index (κ1) is 11.7. The molecule has 0 amide bonds. The molecule has 1 radical (unpaired) electrons. The van der Waals surface area contributed by atoms with Crippen LogP contribution in [-0.4, -0.2) is 17.6 Å². The SMILES string of the molecule is Cc1ncsc1C([C]=O)(C=O)c1ccccc1. The molecule has 85 valence electrons. The van der Waals surface area contributed by atoms with Crippen molar-refractivity contribution >= 4 is 23.9 Å². The normalized spacial score (nSPS) is 11.1. The highest BCUT2D eigenvalue weighted by Gasteiger charge is 2.38. The van der Waals surface area contributed by atoms with Crippen LogP contribution in [0, 0.1) is 6.92 Å². The summed E-state index contributed by atoms with van der Waals surface area (Å²) in [4.78, 5) is 27.5. The first-order chi connectivity index (χ1) is 8.24. The predicted octanol–water partition coefficient (Wildman–Crippen LogP) is 2.05. The van der Waals surface area contributed by atoms with E-state index < -0.39 is 5.41 Å². The zero-order valence-corrected chi connectivity index (χ0v) is 10.0. The molecule has 1 atom stereocenters. The summed E-state index contributed by atoms with van der Waals surface area (Å²) in [7, 11) is 0. The van der Waals surface area contributed by atoms with Crippen LogP contribution in [0.5, 0.6) is 0 Å². The molecule has 1 aromatic carbocycles. The van der Waals surface area contributed by atoms with E-state index in [2.05, 4.69) is 4.98 Å². The number of carbonyl (C=O) groups excluding carboxylic acids is 2. The Balaban J connectivity index is 2.66. The molecule has 0 aliphatic carbocycles. The van der Waals surface area contributed by atoms with E-state index in [9.17, 15) is 9.59 Å². The number of aryl methyl sites for hydroxylation is 1. The number of benzene rings is 1. The minimum atomic E-state index is -1.34. The fourth-order valence-corrected chi connectivity index (χ4v) is 2.70. The fraction of sp³-hybridized carbons (Fsp3) is 0.154. The number of aldehydes is 1. The van der Waals surface area contributed by atoms with Crippen molar-refractivity contribution in [2.75, 3.05) is 0 Å². The largest absolute Gasteiger partial charge is 0.301 e. The Morgan fingerprint density at radius 3 is 2.53 bits per heavy atom. The third-order valence-electron chi connectivity index (χ3n) is 2.67. The second kappa shape index (κ2) is 4.59. The number of aromatic nitrogens is 1. The van der Waals surface area contributed by atoms with Gasteiger partial charge in [-0.25, -0.2) is 4.98 Å². The first-order valence-electron chi connectivity index (χ1n) is 5.06. The van der Waals surface area contributed by atoms with Crippen molar-refractivity contribution in [2.45, 2.75) is 12.3 Å². The van der Waals surface area contributed by atoms with E-state index >= 15 is 0 Å². The van der Waals surface area contributed by atoms with Gasteiger partial charge in [0.15, 0.2) is 5.41 Å². The molecule has 0 aliphatic heterocycles. The summed E-state index contributed by atoms with van der Waals surface area (Å²) < 4.78 is 0. The topological polar surface area (TPSA) is 47.0 Å². The van der Waals surface area contributed by atoms with Gasteiger partial charge in [0.2, 0.25) is 6.29 Å². The van der Waals surface area contributed by atoms with Gasteiger partial charge < -0.3 is 4.79 Å². The lowest BCUT2D eigenvalue weighted by molar-refractivity contribution is -0.109. The maximum Gasteiger partial charge on any atom is 0.223 e. The molecule has 0 saturated carbocycles. The first-order valence-corrected chi connectivity index (χ1v) is 5.94. The minimum absolute atomic E-state index is 0.623. The van der Waals surface area contributed by atoms with Crippen molar-refractivity contribution in [2.24, 2.45) is 0 Å². The van der Waals surface area contributed by atoms with Gasteiger partial charge in [-0.15, -0.1) is 11.3 Å². The Kier molecular flexibility index (Phi) is 3.15. The van der Waals surface area contributed by atoms with Crippen LogP contribution in [0.25, 0.3) is 0 Å². The van der Waals surface area contributed by atoms with Gasteiger partial charge in [0.25, 0.3) is 0 Å². The summed E-state index contributed by atoms with van der Waals surface area (Å²) in [5, 5.41) is 0. The van der Waals surface area contributed by atoms with Crippen molar-refractivity contribution in [1.29, 1.82) is 0 Å². The van der Waals surface area contributed by atoms with Gasteiger partial charge in [0.1, 0.15) is 6.29 Å². The highest BCUT2D eigenvalue weighted by molar-refractivity contribution is 7.10. The maximum atomic E-state index is 11.4. The Hall–Kier alpha value is -1.81. The maximum absolute atomic E-state index is 11.4. The molecule has 3 nitrogen and oxygen atoms in total. The molecule has 4 heteroatoms. The second-order valence-electron chi connectivity index (χ2n) is 3.66. The molecule has 2 rings (SSSR count). The van der Waals surface area contributed by atoms with E-state index in [1.807, 2.05) is 12.4 Å². The van der Waals surface area contributed by atoms with Crippen LogP contribution in [0.4, 0.5) is 0 Å². The van der Waals surface area contributed by atoms with Gasteiger partial charge in [-0.05, 0) is 12.5 Å². The smallest absolute Gasteiger partial charge is 0.223 e. The third kappa shape index (κ3) is 1.80. The van der Waals surface area contributed by atoms with E-state index in [0.717, 1.165) is 0 Å². The number of hydrogen-bond donors (Lipinski definition) is 0. The summed E-state index contributed by atoms with van der Waals surface area (Å²) in [5.41, 5.74) is 1.60. The van der Waals surface area contributed by atoms with Crippen molar-refractivity contribution in [1.82, 2.24) is 4.98 Å². The lowest BCUT2D eigenvalue weighted by Gasteiger charge is -2.20.